The Bertz CT molecular complexity index is 268. The van der Waals surface area contributed by atoms with Crippen molar-refractivity contribution in [3.8, 4) is 0 Å². The lowest BCUT2D eigenvalue weighted by molar-refractivity contribution is 0.184. The third-order valence-electron chi connectivity index (χ3n) is 4.13. The molecule has 0 unspecified atom stereocenters. The number of urea groups is 1. The van der Waals surface area contributed by atoms with E-state index in [-0.39, 0.29) is 6.03 Å². The Labute approximate surface area is 111 Å². The molecular weight excluding hydrogens is 224 g/mol. The molecule has 0 aromatic carbocycles. The number of nitrogens with zero attached hydrogens (tertiary/aromatic N) is 1. The van der Waals surface area contributed by atoms with Crippen molar-refractivity contribution in [3.05, 3.63) is 0 Å². The fraction of sp³-hybridized carbons (Fsp3) is 0.933. The summed E-state index contributed by atoms with van der Waals surface area (Å²) in [6.45, 7) is 5.38. The average molecular weight is 252 g/mol. The second kappa shape index (κ2) is 6.44. The Morgan fingerprint density at radius 3 is 2.39 bits per heavy atom. The number of hydrogen-bond donors (Lipinski definition) is 1. The maximum atomic E-state index is 12.3. The fourth-order valence-electron chi connectivity index (χ4n) is 2.74. The number of nitrogens with one attached hydrogen (secondary N) is 1. The summed E-state index contributed by atoms with van der Waals surface area (Å²) in [5, 5.41) is 3.25. The van der Waals surface area contributed by atoms with Gasteiger partial charge in [-0.2, -0.15) is 0 Å². The fourth-order valence-corrected chi connectivity index (χ4v) is 2.74. The molecule has 0 aromatic rings. The molecule has 2 aliphatic carbocycles. The van der Waals surface area contributed by atoms with Crippen LogP contribution in [0.5, 0.6) is 0 Å². The molecule has 1 N–H and O–H groups in total. The number of rotatable bonds is 5. The third-order valence-corrected chi connectivity index (χ3v) is 4.13. The first-order valence-electron chi connectivity index (χ1n) is 7.74. The molecule has 2 rings (SSSR count). The summed E-state index contributed by atoms with van der Waals surface area (Å²) in [6.07, 6.45) is 9.77. The van der Waals surface area contributed by atoms with E-state index in [9.17, 15) is 4.79 Å². The number of amides is 2. The van der Waals surface area contributed by atoms with Gasteiger partial charge in [-0.15, -0.1) is 0 Å². The molecule has 0 spiro atoms. The van der Waals surface area contributed by atoms with Gasteiger partial charge in [-0.25, -0.2) is 4.79 Å². The average Bonchev–Trinajstić information content (AvgIpc) is 3.14. The highest BCUT2D eigenvalue weighted by molar-refractivity contribution is 5.75. The van der Waals surface area contributed by atoms with Crippen molar-refractivity contribution in [2.75, 3.05) is 6.54 Å². The molecular formula is C15H28N2O. The normalized spacial score (nSPS) is 21.1. The minimum Gasteiger partial charge on any atom is -0.335 e. The summed E-state index contributed by atoms with van der Waals surface area (Å²) in [6, 6.07) is 1.17. The lowest BCUT2D eigenvalue weighted by Crippen LogP contribution is -2.47. The molecule has 3 nitrogen and oxygen atoms in total. The van der Waals surface area contributed by atoms with Gasteiger partial charge in [0.05, 0.1) is 0 Å². The van der Waals surface area contributed by atoms with Crippen molar-refractivity contribution >= 4 is 6.03 Å². The van der Waals surface area contributed by atoms with E-state index >= 15 is 0 Å². The van der Waals surface area contributed by atoms with Gasteiger partial charge in [0, 0.05) is 18.6 Å². The van der Waals surface area contributed by atoms with E-state index in [0.29, 0.717) is 18.0 Å². The van der Waals surface area contributed by atoms with Gasteiger partial charge in [-0.3, -0.25) is 0 Å². The van der Waals surface area contributed by atoms with Crippen molar-refractivity contribution in [2.45, 2.75) is 77.3 Å². The highest BCUT2D eigenvalue weighted by Gasteiger charge is 2.33. The number of carbonyl (C=O) groups is 1. The summed E-state index contributed by atoms with van der Waals surface area (Å²) >= 11 is 0. The number of carbonyl (C=O) groups excluding carboxylic acids is 1. The van der Waals surface area contributed by atoms with E-state index in [2.05, 4.69) is 24.1 Å². The molecule has 3 heteroatoms. The van der Waals surface area contributed by atoms with Crippen LogP contribution in [-0.4, -0.2) is 29.6 Å². The van der Waals surface area contributed by atoms with E-state index in [4.69, 9.17) is 0 Å². The van der Waals surface area contributed by atoms with Crippen LogP contribution in [0.25, 0.3) is 0 Å². The van der Waals surface area contributed by atoms with E-state index in [1.807, 2.05) is 0 Å². The molecule has 18 heavy (non-hydrogen) atoms. The van der Waals surface area contributed by atoms with Gasteiger partial charge < -0.3 is 10.2 Å². The summed E-state index contributed by atoms with van der Waals surface area (Å²) in [5.41, 5.74) is 0. The molecule has 0 heterocycles. The molecule has 2 amide bonds. The Balaban J connectivity index is 1.79. The Morgan fingerprint density at radius 1 is 1.17 bits per heavy atom. The molecule has 2 fully saturated rings. The predicted molar refractivity (Wildman–Crippen MR) is 74.6 cm³/mol. The van der Waals surface area contributed by atoms with Crippen molar-refractivity contribution in [2.24, 2.45) is 5.92 Å². The minimum atomic E-state index is 0.199. The molecule has 0 atom stereocenters. The largest absolute Gasteiger partial charge is 0.335 e. The van der Waals surface area contributed by atoms with Gasteiger partial charge in [0.2, 0.25) is 0 Å². The zero-order valence-electron chi connectivity index (χ0n) is 12.0. The molecule has 104 valence electrons. The summed E-state index contributed by atoms with van der Waals surface area (Å²) < 4.78 is 0. The molecule has 0 aliphatic heterocycles. The molecule has 2 saturated carbocycles. The first-order chi connectivity index (χ1) is 8.66. The van der Waals surface area contributed by atoms with E-state index < -0.39 is 0 Å². The quantitative estimate of drug-likeness (QED) is 0.797. The minimum absolute atomic E-state index is 0.199. The molecule has 0 bridgehead atoms. The Morgan fingerprint density at radius 2 is 1.83 bits per heavy atom. The van der Waals surface area contributed by atoms with Crippen LogP contribution >= 0.6 is 0 Å². The van der Waals surface area contributed by atoms with Gasteiger partial charge in [-0.05, 0) is 38.0 Å². The van der Waals surface area contributed by atoms with Crippen LogP contribution in [0.2, 0.25) is 0 Å². The van der Waals surface area contributed by atoms with Crippen LogP contribution in [-0.2, 0) is 0 Å². The smallest absolute Gasteiger partial charge is 0.317 e. The summed E-state index contributed by atoms with van der Waals surface area (Å²) in [7, 11) is 0. The second-order valence-corrected chi connectivity index (χ2v) is 6.39. The van der Waals surface area contributed by atoms with Gasteiger partial charge in [0.1, 0.15) is 0 Å². The first kappa shape index (κ1) is 13.7. The van der Waals surface area contributed by atoms with Crippen molar-refractivity contribution in [3.63, 3.8) is 0 Å². The topological polar surface area (TPSA) is 32.3 Å². The van der Waals surface area contributed by atoms with Gasteiger partial charge in [-0.1, -0.05) is 33.1 Å². The summed E-state index contributed by atoms with van der Waals surface area (Å²) in [5.74, 6) is 0.675. The highest BCUT2D eigenvalue weighted by atomic mass is 16.2. The third kappa shape index (κ3) is 4.18. The molecule has 0 saturated heterocycles. The zero-order valence-corrected chi connectivity index (χ0v) is 12.0. The van der Waals surface area contributed by atoms with Gasteiger partial charge in [0.15, 0.2) is 0 Å². The summed E-state index contributed by atoms with van der Waals surface area (Å²) in [4.78, 5) is 14.4. The van der Waals surface area contributed by atoms with Crippen LogP contribution in [0.1, 0.15) is 65.2 Å². The number of hydrogen-bond acceptors (Lipinski definition) is 1. The van der Waals surface area contributed by atoms with Crippen molar-refractivity contribution < 1.29 is 4.79 Å². The second-order valence-electron chi connectivity index (χ2n) is 6.39. The maximum absolute atomic E-state index is 12.3. The maximum Gasteiger partial charge on any atom is 0.317 e. The van der Waals surface area contributed by atoms with Crippen LogP contribution < -0.4 is 5.32 Å². The standard InChI is InChI=1S/C15H28N2O/c1-12(2)10-11-17(14-8-9-14)15(18)16-13-6-4-3-5-7-13/h12-14H,3-11H2,1-2H3,(H,16,18). The van der Waals surface area contributed by atoms with Gasteiger partial charge >= 0.3 is 6.03 Å². The van der Waals surface area contributed by atoms with Crippen LogP contribution in [0.3, 0.4) is 0 Å². The van der Waals surface area contributed by atoms with E-state index in [0.717, 1.165) is 13.0 Å². The zero-order chi connectivity index (χ0) is 13.0. The van der Waals surface area contributed by atoms with Crippen molar-refractivity contribution in [1.29, 1.82) is 0 Å². The predicted octanol–water partition coefficient (Wildman–Crippen LogP) is 3.54. The SMILES string of the molecule is CC(C)CCN(C(=O)NC1CCCCC1)C1CC1. The van der Waals surface area contributed by atoms with Crippen LogP contribution in [0.4, 0.5) is 4.79 Å². The first-order valence-corrected chi connectivity index (χ1v) is 7.74. The van der Waals surface area contributed by atoms with Gasteiger partial charge in [0.25, 0.3) is 0 Å². The molecule has 0 radical (unpaired) electrons. The highest BCUT2D eigenvalue weighted by Crippen LogP contribution is 2.28. The Kier molecular flexibility index (Phi) is 4.90. The molecule has 2 aliphatic rings. The lowest BCUT2D eigenvalue weighted by atomic mass is 9.96. The lowest BCUT2D eigenvalue weighted by Gasteiger charge is -2.29. The monoisotopic (exact) mass is 252 g/mol. The Hall–Kier alpha value is -0.730. The van der Waals surface area contributed by atoms with E-state index in [1.54, 1.807) is 0 Å². The molecule has 0 aromatic heterocycles. The van der Waals surface area contributed by atoms with Crippen molar-refractivity contribution in [1.82, 2.24) is 10.2 Å². The van der Waals surface area contributed by atoms with E-state index in [1.165, 1.54) is 44.9 Å². The van der Waals surface area contributed by atoms with Crippen LogP contribution in [0, 0.1) is 5.92 Å². The van der Waals surface area contributed by atoms with Crippen LogP contribution in [0.15, 0.2) is 0 Å².